The lowest BCUT2D eigenvalue weighted by Gasteiger charge is -2.19. The maximum Gasteiger partial charge on any atom is 0.125 e. The van der Waals surface area contributed by atoms with Gasteiger partial charge in [-0.25, -0.2) is 4.98 Å². The summed E-state index contributed by atoms with van der Waals surface area (Å²) < 4.78 is 2.20. The maximum absolute atomic E-state index is 6.47. The molecule has 1 atom stereocenters. The molecule has 2 aromatic rings. The third-order valence-electron chi connectivity index (χ3n) is 4.10. The number of aromatic nitrogens is 2. The Morgan fingerprint density at radius 2 is 2.00 bits per heavy atom. The Kier molecular flexibility index (Phi) is 3.38. The van der Waals surface area contributed by atoms with Crippen LogP contribution >= 0.6 is 0 Å². The third kappa shape index (κ3) is 2.30. The summed E-state index contributed by atoms with van der Waals surface area (Å²) in [4.78, 5) is 4.48. The van der Waals surface area contributed by atoms with Crippen LogP contribution in [0.5, 0.6) is 0 Å². The fraction of sp³-hybridized carbons (Fsp3) is 0.438. The molecule has 100 valence electrons. The van der Waals surface area contributed by atoms with E-state index in [-0.39, 0.29) is 6.04 Å². The first kappa shape index (κ1) is 12.4. The van der Waals surface area contributed by atoms with Gasteiger partial charge in [0.05, 0.1) is 6.04 Å². The summed E-state index contributed by atoms with van der Waals surface area (Å²) in [5.74, 6) is 1.52. The second-order valence-electron chi connectivity index (χ2n) is 5.44. The summed E-state index contributed by atoms with van der Waals surface area (Å²) in [6.07, 6.45) is 7.18. The summed E-state index contributed by atoms with van der Waals surface area (Å²) in [5.41, 5.74) is 9.38. The molecule has 0 fully saturated rings. The molecule has 0 radical (unpaired) electrons. The van der Waals surface area contributed by atoms with Crippen molar-refractivity contribution in [2.24, 2.45) is 11.7 Å². The largest absolute Gasteiger partial charge is 0.334 e. The normalized spacial score (nSPS) is 16.5. The number of nitrogens with zero attached hydrogens (tertiary/aromatic N) is 2. The van der Waals surface area contributed by atoms with Gasteiger partial charge in [-0.15, -0.1) is 0 Å². The zero-order valence-corrected chi connectivity index (χ0v) is 11.4. The van der Waals surface area contributed by atoms with Crippen LogP contribution in [0.4, 0.5) is 0 Å². The summed E-state index contributed by atoms with van der Waals surface area (Å²) in [6, 6.07) is 8.71. The van der Waals surface area contributed by atoms with E-state index in [0.717, 1.165) is 31.6 Å². The van der Waals surface area contributed by atoms with E-state index in [1.54, 1.807) is 0 Å². The summed E-state index contributed by atoms with van der Waals surface area (Å²) in [7, 11) is 0. The van der Waals surface area contributed by atoms with Gasteiger partial charge in [0.1, 0.15) is 5.82 Å². The van der Waals surface area contributed by atoms with Crippen LogP contribution in [0.15, 0.2) is 36.7 Å². The predicted molar refractivity (Wildman–Crippen MR) is 76.8 cm³/mol. The Morgan fingerprint density at radius 1 is 1.32 bits per heavy atom. The molecule has 3 nitrogen and oxygen atoms in total. The fourth-order valence-electron chi connectivity index (χ4n) is 3.11. The van der Waals surface area contributed by atoms with Gasteiger partial charge in [-0.3, -0.25) is 0 Å². The predicted octanol–water partition coefficient (Wildman–Crippen LogP) is 2.71. The van der Waals surface area contributed by atoms with Crippen molar-refractivity contribution in [3.8, 4) is 0 Å². The molecule has 1 aromatic heterocycles. The van der Waals surface area contributed by atoms with Gasteiger partial charge in [-0.1, -0.05) is 31.2 Å². The van der Waals surface area contributed by atoms with Crippen molar-refractivity contribution in [3.05, 3.63) is 53.6 Å². The van der Waals surface area contributed by atoms with Gasteiger partial charge in [0.25, 0.3) is 0 Å². The van der Waals surface area contributed by atoms with Gasteiger partial charge in [-0.05, 0) is 36.3 Å². The van der Waals surface area contributed by atoms with Crippen LogP contribution in [0, 0.1) is 5.92 Å². The van der Waals surface area contributed by atoms with Crippen molar-refractivity contribution in [2.75, 3.05) is 0 Å². The SMILES string of the molecule is CCCn1ccnc1C(N)C1Cc2ccccc2C1. The Balaban J connectivity index is 1.79. The monoisotopic (exact) mass is 255 g/mol. The Hall–Kier alpha value is -1.61. The van der Waals surface area contributed by atoms with Gasteiger partial charge >= 0.3 is 0 Å². The maximum atomic E-state index is 6.47. The van der Waals surface area contributed by atoms with Crippen LogP contribution in [-0.2, 0) is 19.4 Å². The minimum absolute atomic E-state index is 0.0361. The number of hydrogen-bond acceptors (Lipinski definition) is 2. The first-order valence-corrected chi connectivity index (χ1v) is 7.13. The van der Waals surface area contributed by atoms with E-state index in [1.807, 2.05) is 12.4 Å². The molecular weight excluding hydrogens is 234 g/mol. The summed E-state index contributed by atoms with van der Waals surface area (Å²) >= 11 is 0. The van der Waals surface area contributed by atoms with Crippen molar-refractivity contribution < 1.29 is 0 Å². The zero-order chi connectivity index (χ0) is 13.2. The van der Waals surface area contributed by atoms with Crippen LogP contribution in [-0.4, -0.2) is 9.55 Å². The van der Waals surface area contributed by atoms with E-state index < -0.39 is 0 Å². The van der Waals surface area contributed by atoms with Crippen molar-refractivity contribution in [1.29, 1.82) is 0 Å². The molecular formula is C16H21N3. The van der Waals surface area contributed by atoms with E-state index in [4.69, 9.17) is 5.73 Å². The first-order valence-electron chi connectivity index (χ1n) is 7.13. The van der Waals surface area contributed by atoms with E-state index >= 15 is 0 Å². The van der Waals surface area contributed by atoms with Crippen molar-refractivity contribution >= 4 is 0 Å². The minimum atomic E-state index is 0.0361. The first-order chi connectivity index (χ1) is 9.29. The second-order valence-corrected chi connectivity index (χ2v) is 5.44. The highest BCUT2D eigenvalue weighted by atomic mass is 15.1. The molecule has 0 saturated heterocycles. The quantitative estimate of drug-likeness (QED) is 0.913. The number of nitrogens with two attached hydrogens (primary N) is 1. The molecule has 0 amide bonds. The number of fused-ring (bicyclic) bond motifs is 1. The summed E-state index contributed by atoms with van der Waals surface area (Å²) in [6.45, 7) is 3.18. The van der Waals surface area contributed by atoms with Crippen molar-refractivity contribution in [3.63, 3.8) is 0 Å². The average Bonchev–Trinajstić information content (AvgIpc) is 3.04. The molecule has 1 aliphatic rings. The van der Waals surface area contributed by atoms with Gasteiger partial charge in [0.15, 0.2) is 0 Å². The molecule has 2 N–H and O–H groups in total. The van der Waals surface area contributed by atoms with Crippen LogP contribution in [0.3, 0.4) is 0 Å². The molecule has 1 aromatic carbocycles. The highest BCUT2D eigenvalue weighted by Gasteiger charge is 2.29. The topological polar surface area (TPSA) is 43.8 Å². The second kappa shape index (κ2) is 5.17. The van der Waals surface area contributed by atoms with Crippen LogP contribution in [0.2, 0.25) is 0 Å². The molecule has 0 bridgehead atoms. The lowest BCUT2D eigenvalue weighted by Crippen LogP contribution is -2.25. The number of benzene rings is 1. The molecule has 0 spiro atoms. The molecule has 1 aliphatic carbocycles. The van der Waals surface area contributed by atoms with E-state index in [9.17, 15) is 0 Å². The average molecular weight is 255 g/mol. The summed E-state index contributed by atoms with van der Waals surface area (Å²) in [5, 5.41) is 0. The standard InChI is InChI=1S/C16H21N3/c1-2-8-19-9-7-18-16(19)15(17)14-10-12-5-3-4-6-13(12)11-14/h3-7,9,14-15H,2,8,10-11,17H2,1H3. The number of imidazole rings is 1. The van der Waals surface area contributed by atoms with Gasteiger partial charge in [0.2, 0.25) is 0 Å². The van der Waals surface area contributed by atoms with Gasteiger partial charge < -0.3 is 10.3 Å². The van der Waals surface area contributed by atoms with Crippen LogP contribution < -0.4 is 5.73 Å². The lowest BCUT2D eigenvalue weighted by atomic mass is 9.96. The molecule has 3 rings (SSSR count). The molecule has 19 heavy (non-hydrogen) atoms. The van der Waals surface area contributed by atoms with Crippen LogP contribution in [0.1, 0.15) is 36.3 Å². The molecule has 3 heteroatoms. The Labute approximate surface area is 114 Å². The number of hydrogen-bond donors (Lipinski definition) is 1. The Morgan fingerprint density at radius 3 is 2.63 bits per heavy atom. The van der Waals surface area contributed by atoms with Crippen molar-refractivity contribution in [2.45, 2.75) is 38.8 Å². The van der Waals surface area contributed by atoms with E-state index in [2.05, 4.69) is 40.7 Å². The highest BCUT2D eigenvalue weighted by Crippen LogP contribution is 2.33. The smallest absolute Gasteiger partial charge is 0.125 e. The zero-order valence-electron chi connectivity index (χ0n) is 11.4. The third-order valence-corrected chi connectivity index (χ3v) is 4.10. The molecule has 0 saturated carbocycles. The van der Waals surface area contributed by atoms with E-state index in [0.29, 0.717) is 5.92 Å². The minimum Gasteiger partial charge on any atom is -0.334 e. The van der Waals surface area contributed by atoms with Crippen LogP contribution in [0.25, 0.3) is 0 Å². The van der Waals surface area contributed by atoms with Gasteiger partial charge in [-0.2, -0.15) is 0 Å². The number of aryl methyl sites for hydroxylation is 1. The van der Waals surface area contributed by atoms with E-state index in [1.165, 1.54) is 11.1 Å². The van der Waals surface area contributed by atoms with Gasteiger partial charge in [0, 0.05) is 18.9 Å². The lowest BCUT2D eigenvalue weighted by molar-refractivity contribution is 0.418. The molecule has 1 unspecified atom stereocenters. The highest BCUT2D eigenvalue weighted by molar-refractivity contribution is 5.33. The van der Waals surface area contributed by atoms with Crippen molar-refractivity contribution in [1.82, 2.24) is 9.55 Å². The fourth-order valence-corrected chi connectivity index (χ4v) is 3.11. The molecule has 0 aliphatic heterocycles. The Bertz CT molecular complexity index is 534. The molecule has 1 heterocycles. The number of rotatable bonds is 4.